The van der Waals surface area contributed by atoms with Crippen molar-refractivity contribution in [3.63, 3.8) is 0 Å². The Balaban J connectivity index is 2.31. The number of anilines is 1. The molecule has 0 unspecified atom stereocenters. The molecule has 0 atom stereocenters. The highest BCUT2D eigenvalue weighted by Crippen LogP contribution is 2.27. The molecule has 0 spiro atoms. The number of carboxylic acid groups (broad SMARTS) is 1. The number of amides is 1. The molecule has 5 nitrogen and oxygen atoms in total. The lowest BCUT2D eigenvalue weighted by Gasteiger charge is -2.13. The van der Waals surface area contributed by atoms with E-state index >= 15 is 0 Å². The fourth-order valence-corrected chi connectivity index (χ4v) is 2.18. The summed E-state index contributed by atoms with van der Waals surface area (Å²) < 4.78 is 5.59. The van der Waals surface area contributed by atoms with Gasteiger partial charge < -0.3 is 15.2 Å². The number of hydrogen-bond donors (Lipinski definition) is 2. The second kappa shape index (κ2) is 7.64. The van der Waals surface area contributed by atoms with Gasteiger partial charge in [-0.15, -0.1) is 0 Å². The molecule has 0 saturated heterocycles. The zero-order chi connectivity index (χ0) is 17.7. The molecule has 0 bridgehead atoms. The second-order valence-corrected chi connectivity index (χ2v) is 5.62. The van der Waals surface area contributed by atoms with Gasteiger partial charge in [0.1, 0.15) is 5.75 Å². The topological polar surface area (TPSA) is 75.6 Å². The molecule has 2 rings (SSSR count). The van der Waals surface area contributed by atoms with Crippen LogP contribution in [0.4, 0.5) is 5.69 Å². The van der Waals surface area contributed by atoms with Gasteiger partial charge >= 0.3 is 5.97 Å². The molecule has 2 N–H and O–H groups in total. The third-order valence-electron chi connectivity index (χ3n) is 3.71. The first kappa shape index (κ1) is 17.5. The summed E-state index contributed by atoms with van der Waals surface area (Å²) >= 11 is 0. The van der Waals surface area contributed by atoms with Crippen LogP contribution in [0.5, 0.6) is 5.75 Å². The highest BCUT2D eigenvalue weighted by atomic mass is 16.5. The van der Waals surface area contributed by atoms with Crippen molar-refractivity contribution >= 4 is 17.6 Å². The van der Waals surface area contributed by atoms with Gasteiger partial charge in [0, 0.05) is 5.56 Å². The summed E-state index contributed by atoms with van der Waals surface area (Å²) in [5.41, 5.74) is 3.08. The number of aromatic carboxylic acids is 1. The Morgan fingerprint density at radius 2 is 1.75 bits per heavy atom. The van der Waals surface area contributed by atoms with Crippen LogP contribution in [0.3, 0.4) is 0 Å². The number of nitrogens with one attached hydrogen (secondary N) is 1. The lowest BCUT2D eigenvalue weighted by atomic mass is 10.1. The van der Waals surface area contributed by atoms with E-state index in [0.29, 0.717) is 23.6 Å². The van der Waals surface area contributed by atoms with Crippen LogP contribution in [0, 0.1) is 13.8 Å². The summed E-state index contributed by atoms with van der Waals surface area (Å²) in [5, 5.41) is 11.9. The summed E-state index contributed by atoms with van der Waals surface area (Å²) in [6.07, 6.45) is 0.811. The zero-order valence-electron chi connectivity index (χ0n) is 14.1. The maximum atomic E-state index is 12.5. The van der Waals surface area contributed by atoms with E-state index < -0.39 is 5.97 Å². The standard InChI is InChI=1S/C19H21NO4/c1-4-9-24-17-8-7-15(19(22)23)11-16(17)20-18(21)14-6-5-12(2)13(3)10-14/h5-8,10-11H,4,9H2,1-3H3,(H,20,21)(H,22,23). The highest BCUT2D eigenvalue weighted by molar-refractivity contribution is 6.05. The molecule has 126 valence electrons. The van der Waals surface area contributed by atoms with Crippen molar-refractivity contribution in [3.8, 4) is 5.75 Å². The third kappa shape index (κ3) is 4.13. The molecule has 24 heavy (non-hydrogen) atoms. The molecule has 0 aromatic heterocycles. The largest absolute Gasteiger partial charge is 0.491 e. The normalized spacial score (nSPS) is 10.3. The predicted octanol–water partition coefficient (Wildman–Crippen LogP) is 4.04. The molecular formula is C19H21NO4. The van der Waals surface area contributed by atoms with Gasteiger partial charge in [0.2, 0.25) is 0 Å². The Kier molecular flexibility index (Phi) is 5.58. The first-order valence-corrected chi connectivity index (χ1v) is 7.81. The average Bonchev–Trinajstić information content (AvgIpc) is 2.55. The molecule has 0 saturated carbocycles. The smallest absolute Gasteiger partial charge is 0.335 e. The van der Waals surface area contributed by atoms with Gasteiger partial charge in [-0.05, 0) is 61.7 Å². The minimum Gasteiger partial charge on any atom is -0.491 e. The molecule has 0 heterocycles. The van der Waals surface area contributed by atoms with Gasteiger partial charge in [-0.3, -0.25) is 4.79 Å². The fraction of sp³-hybridized carbons (Fsp3) is 0.263. The van der Waals surface area contributed by atoms with Crippen molar-refractivity contribution < 1.29 is 19.4 Å². The van der Waals surface area contributed by atoms with Gasteiger partial charge in [0.25, 0.3) is 5.91 Å². The molecule has 2 aromatic rings. The van der Waals surface area contributed by atoms with Crippen LogP contribution in [0.25, 0.3) is 0 Å². The fourth-order valence-electron chi connectivity index (χ4n) is 2.18. The van der Waals surface area contributed by atoms with Gasteiger partial charge in [0.05, 0.1) is 17.9 Å². The SMILES string of the molecule is CCCOc1ccc(C(=O)O)cc1NC(=O)c1ccc(C)c(C)c1. The van der Waals surface area contributed by atoms with E-state index in [4.69, 9.17) is 9.84 Å². The Labute approximate surface area is 141 Å². The maximum absolute atomic E-state index is 12.5. The molecule has 1 amide bonds. The summed E-state index contributed by atoms with van der Waals surface area (Å²) in [7, 11) is 0. The van der Waals surface area contributed by atoms with E-state index in [9.17, 15) is 9.59 Å². The molecule has 0 aliphatic heterocycles. The number of hydrogen-bond acceptors (Lipinski definition) is 3. The number of aryl methyl sites for hydroxylation is 2. The zero-order valence-corrected chi connectivity index (χ0v) is 14.1. The average molecular weight is 327 g/mol. The van der Waals surface area contributed by atoms with Crippen LogP contribution in [0.1, 0.15) is 45.2 Å². The third-order valence-corrected chi connectivity index (χ3v) is 3.71. The van der Waals surface area contributed by atoms with Gasteiger partial charge in [-0.1, -0.05) is 13.0 Å². The second-order valence-electron chi connectivity index (χ2n) is 5.62. The Bertz CT molecular complexity index is 768. The van der Waals surface area contributed by atoms with Crippen LogP contribution in [0.15, 0.2) is 36.4 Å². The van der Waals surface area contributed by atoms with Gasteiger partial charge in [-0.25, -0.2) is 4.79 Å². The van der Waals surface area contributed by atoms with Crippen LogP contribution < -0.4 is 10.1 Å². The summed E-state index contributed by atoms with van der Waals surface area (Å²) in [6, 6.07) is 9.86. The van der Waals surface area contributed by atoms with Crippen molar-refractivity contribution in [1.82, 2.24) is 0 Å². The summed E-state index contributed by atoms with van der Waals surface area (Å²) in [5.74, 6) is -0.903. The van der Waals surface area contributed by atoms with Crippen LogP contribution >= 0.6 is 0 Å². The van der Waals surface area contributed by atoms with Crippen molar-refractivity contribution in [3.05, 3.63) is 58.7 Å². The molecule has 0 aliphatic carbocycles. The van der Waals surface area contributed by atoms with Crippen molar-refractivity contribution in [1.29, 1.82) is 0 Å². The minimum atomic E-state index is -1.06. The Hall–Kier alpha value is -2.82. The van der Waals surface area contributed by atoms with E-state index in [1.165, 1.54) is 12.1 Å². The molecule has 5 heteroatoms. The van der Waals surface area contributed by atoms with Crippen LogP contribution in [-0.2, 0) is 0 Å². The van der Waals surface area contributed by atoms with Crippen LogP contribution in [0.2, 0.25) is 0 Å². The summed E-state index contributed by atoms with van der Waals surface area (Å²) in [4.78, 5) is 23.6. The van der Waals surface area contributed by atoms with Gasteiger partial charge in [0.15, 0.2) is 0 Å². The number of ether oxygens (including phenoxy) is 1. The van der Waals surface area contributed by atoms with Crippen molar-refractivity contribution in [2.24, 2.45) is 0 Å². The Morgan fingerprint density at radius 1 is 1.04 bits per heavy atom. The van der Waals surface area contributed by atoms with Gasteiger partial charge in [-0.2, -0.15) is 0 Å². The van der Waals surface area contributed by atoms with E-state index in [0.717, 1.165) is 17.5 Å². The van der Waals surface area contributed by atoms with E-state index in [2.05, 4.69) is 5.32 Å². The first-order chi connectivity index (χ1) is 11.4. The maximum Gasteiger partial charge on any atom is 0.335 e. The lowest BCUT2D eigenvalue weighted by molar-refractivity contribution is 0.0696. The first-order valence-electron chi connectivity index (χ1n) is 7.81. The molecule has 0 fully saturated rings. The lowest BCUT2D eigenvalue weighted by Crippen LogP contribution is -2.14. The quantitative estimate of drug-likeness (QED) is 0.839. The van der Waals surface area contributed by atoms with Crippen molar-refractivity contribution in [2.75, 3.05) is 11.9 Å². The minimum absolute atomic E-state index is 0.0919. The monoisotopic (exact) mass is 327 g/mol. The number of carbonyl (C=O) groups is 2. The van der Waals surface area contributed by atoms with E-state index in [1.54, 1.807) is 18.2 Å². The van der Waals surface area contributed by atoms with Crippen molar-refractivity contribution in [2.45, 2.75) is 27.2 Å². The number of benzene rings is 2. The highest BCUT2D eigenvalue weighted by Gasteiger charge is 2.14. The van der Waals surface area contributed by atoms with E-state index in [1.807, 2.05) is 26.8 Å². The summed E-state index contributed by atoms with van der Waals surface area (Å²) in [6.45, 7) is 6.37. The molecule has 2 aromatic carbocycles. The van der Waals surface area contributed by atoms with E-state index in [-0.39, 0.29) is 11.5 Å². The molecule has 0 aliphatic rings. The number of carboxylic acids is 1. The predicted molar refractivity (Wildman–Crippen MR) is 93.1 cm³/mol. The number of rotatable bonds is 6. The molecule has 0 radical (unpaired) electrons. The Morgan fingerprint density at radius 3 is 2.38 bits per heavy atom. The number of carbonyl (C=O) groups excluding carboxylic acids is 1. The van der Waals surface area contributed by atoms with Crippen LogP contribution in [-0.4, -0.2) is 23.6 Å². The molecular weight excluding hydrogens is 306 g/mol.